The molecule has 0 fully saturated rings. The summed E-state index contributed by atoms with van der Waals surface area (Å²) in [5, 5.41) is 0. The van der Waals surface area contributed by atoms with Crippen molar-refractivity contribution in [2.24, 2.45) is 10.4 Å². The van der Waals surface area contributed by atoms with Gasteiger partial charge in [-0.15, -0.1) is 0 Å². The van der Waals surface area contributed by atoms with Crippen LogP contribution < -0.4 is 0 Å². The molecule has 0 heterocycles. The number of allylic oxidation sites excluding steroid dienone is 6. The molecule has 0 saturated heterocycles. The van der Waals surface area contributed by atoms with E-state index in [4.69, 9.17) is 0 Å². The lowest BCUT2D eigenvalue weighted by Gasteiger charge is -2.19. The van der Waals surface area contributed by atoms with Crippen LogP contribution >= 0.6 is 0 Å². The SMILES string of the molecule is C=C/C=C\C(=C)/C(C)=C/C(=N\C)C(C)(C)C. The Bertz CT molecular complexity index is 346. The zero-order chi connectivity index (χ0) is 12.8. The summed E-state index contributed by atoms with van der Waals surface area (Å²) in [6.45, 7) is 16.2. The predicted octanol–water partition coefficient (Wildman–Crippen LogP) is 4.35. The maximum Gasteiger partial charge on any atom is 0.0401 e. The largest absolute Gasteiger partial charge is 0.293 e. The van der Waals surface area contributed by atoms with Crippen LogP contribution in [-0.2, 0) is 0 Å². The van der Waals surface area contributed by atoms with Gasteiger partial charge in [-0.05, 0) is 24.1 Å². The van der Waals surface area contributed by atoms with Crippen molar-refractivity contribution in [3.05, 3.63) is 48.6 Å². The first-order chi connectivity index (χ1) is 7.32. The molecule has 88 valence electrons. The first-order valence-electron chi connectivity index (χ1n) is 5.47. The van der Waals surface area contributed by atoms with Gasteiger partial charge < -0.3 is 0 Å². The van der Waals surface area contributed by atoms with E-state index in [9.17, 15) is 0 Å². The molecule has 0 radical (unpaired) electrons. The van der Waals surface area contributed by atoms with E-state index in [0.29, 0.717) is 0 Å². The first-order valence-corrected chi connectivity index (χ1v) is 5.47. The number of aliphatic imine (C=N–C) groups is 1. The fourth-order valence-corrected chi connectivity index (χ4v) is 1.23. The van der Waals surface area contributed by atoms with Crippen molar-refractivity contribution >= 4 is 5.71 Å². The highest BCUT2D eigenvalue weighted by molar-refractivity contribution is 5.99. The predicted molar refractivity (Wildman–Crippen MR) is 75.0 cm³/mol. The molecule has 0 aliphatic rings. The van der Waals surface area contributed by atoms with E-state index in [-0.39, 0.29) is 5.41 Å². The molecule has 0 aliphatic carbocycles. The topological polar surface area (TPSA) is 12.4 Å². The molecule has 0 rings (SSSR count). The van der Waals surface area contributed by atoms with Crippen LogP contribution in [0.4, 0.5) is 0 Å². The lowest BCUT2D eigenvalue weighted by atomic mass is 9.88. The summed E-state index contributed by atoms with van der Waals surface area (Å²) in [5.74, 6) is 0. The molecule has 0 saturated carbocycles. The van der Waals surface area contributed by atoms with Gasteiger partial charge in [0.1, 0.15) is 0 Å². The van der Waals surface area contributed by atoms with E-state index in [2.05, 4.69) is 45.0 Å². The van der Waals surface area contributed by atoms with Gasteiger partial charge in [-0.2, -0.15) is 0 Å². The summed E-state index contributed by atoms with van der Waals surface area (Å²) in [6, 6.07) is 0. The van der Waals surface area contributed by atoms with Crippen LogP contribution in [0.25, 0.3) is 0 Å². The lowest BCUT2D eigenvalue weighted by molar-refractivity contribution is 0.593. The van der Waals surface area contributed by atoms with Crippen molar-refractivity contribution in [1.82, 2.24) is 0 Å². The van der Waals surface area contributed by atoms with Crippen molar-refractivity contribution in [3.8, 4) is 0 Å². The van der Waals surface area contributed by atoms with Gasteiger partial charge in [-0.1, -0.05) is 52.2 Å². The Hall–Kier alpha value is -1.37. The maximum absolute atomic E-state index is 4.32. The van der Waals surface area contributed by atoms with E-state index in [0.717, 1.165) is 16.9 Å². The highest BCUT2D eigenvalue weighted by Gasteiger charge is 2.16. The smallest absolute Gasteiger partial charge is 0.0401 e. The minimum absolute atomic E-state index is 0.0679. The summed E-state index contributed by atoms with van der Waals surface area (Å²) in [6.07, 6.45) is 7.68. The van der Waals surface area contributed by atoms with E-state index in [1.165, 1.54) is 0 Å². The molecular formula is C15H23N. The Morgan fingerprint density at radius 2 is 1.81 bits per heavy atom. The van der Waals surface area contributed by atoms with Gasteiger partial charge in [0.15, 0.2) is 0 Å². The van der Waals surface area contributed by atoms with Gasteiger partial charge in [0.25, 0.3) is 0 Å². The van der Waals surface area contributed by atoms with Crippen LogP contribution in [0.15, 0.2) is 53.6 Å². The van der Waals surface area contributed by atoms with Gasteiger partial charge in [0.05, 0.1) is 0 Å². The monoisotopic (exact) mass is 217 g/mol. The number of rotatable bonds is 4. The van der Waals surface area contributed by atoms with Gasteiger partial charge >= 0.3 is 0 Å². The highest BCUT2D eigenvalue weighted by Crippen LogP contribution is 2.19. The van der Waals surface area contributed by atoms with Gasteiger partial charge in [-0.25, -0.2) is 0 Å². The van der Waals surface area contributed by atoms with E-state index < -0.39 is 0 Å². The van der Waals surface area contributed by atoms with E-state index in [1.807, 2.05) is 26.1 Å². The summed E-state index contributed by atoms with van der Waals surface area (Å²) in [4.78, 5) is 4.32. The molecule has 1 heteroatoms. The molecule has 0 aromatic rings. The Morgan fingerprint density at radius 1 is 1.25 bits per heavy atom. The molecular weight excluding hydrogens is 194 g/mol. The highest BCUT2D eigenvalue weighted by atomic mass is 14.7. The second-order valence-electron chi connectivity index (χ2n) is 4.81. The van der Waals surface area contributed by atoms with Gasteiger partial charge in [-0.3, -0.25) is 4.99 Å². The molecule has 0 aliphatic heterocycles. The van der Waals surface area contributed by atoms with Crippen molar-refractivity contribution in [3.63, 3.8) is 0 Å². The minimum atomic E-state index is 0.0679. The fourth-order valence-electron chi connectivity index (χ4n) is 1.23. The molecule has 0 unspecified atom stereocenters. The molecule has 0 spiro atoms. The van der Waals surface area contributed by atoms with Crippen LogP contribution in [0.1, 0.15) is 27.7 Å². The molecule has 0 aromatic carbocycles. The van der Waals surface area contributed by atoms with Crippen LogP contribution in [0.2, 0.25) is 0 Å². The van der Waals surface area contributed by atoms with Crippen LogP contribution in [0, 0.1) is 5.41 Å². The van der Waals surface area contributed by atoms with Crippen LogP contribution in [0.5, 0.6) is 0 Å². The summed E-state index contributed by atoms with van der Waals surface area (Å²) < 4.78 is 0. The zero-order valence-electron chi connectivity index (χ0n) is 11.2. The number of hydrogen-bond acceptors (Lipinski definition) is 1. The third kappa shape index (κ3) is 4.92. The molecule has 0 amide bonds. The average Bonchev–Trinajstić information content (AvgIpc) is 2.20. The Labute approximate surface area is 100.0 Å². The second kappa shape index (κ2) is 6.26. The van der Waals surface area contributed by atoms with Crippen molar-refractivity contribution in [2.45, 2.75) is 27.7 Å². The van der Waals surface area contributed by atoms with E-state index in [1.54, 1.807) is 6.08 Å². The van der Waals surface area contributed by atoms with Gasteiger partial charge in [0.2, 0.25) is 0 Å². The third-order valence-electron chi connectivity index (χ3n) is 2.30. The zero-order valence-corrected chi connectivity index (χ0v) is 11.2. The summed E-state index contributed by atoms with van der Waals surface area (Å²) in [5.41, 5.74) is 3.27. The molecule has 1 nitrogen and oxygen atoms in total. The molecule has 0 aromatic heterocycles. The summed E-state index contributed by atoms with van der Waals surface area (Å²) >= 11 is 0. The van der Waals surface area contributed by atoms with Crippen molar-refractivity contribution in [1.29, 1.82) is 0 Å². The Morgan fingerprint density at radius 3 is 2.19 bits per heavy atom. The maximum atomic E-state index is 4.32. The Balaban J connectivity index is 4.97. The molecule has 0 atom stereocenters. The molecule has 16 heavy (non-hydrogen) atoms. The standard InChI is InChI=1S/C15H23N/c1-8-9-10-12(2)13(3)11-14(16-7)15(4,5)6/h8-11H,1-2H2,3-7H3/b10-9-,13-11+,16-14+. The lowest BCUT2D eigenvalue weighted by Crippen LogP contribution is -2.18. The van der Waals surface area contributed by atoms with E-state index >= 15 is 0 Å². The normalized spacial score (nSPS) is 14.3. The van der Waals surface area contributed by atoms with Crippen LogP contribution in [-0.4, -0.2) is 12.8 Å². The molecule has 0 bridgehead atoms. The Kier molecular flexibility index (Phi) is 5.73. The average molecular weight is 217 g/mol. The second-order valence-corrected chi connectivity index (χ2v) is 4.81. The minimum Gasteiger partial charge on any atom is -0.293 e. The van der Waals surface area contributed by atoms with Crippen molar-refractivity contribution in [2.75, 3.05) is 7.05 Å². The third-order valence-corrected chi connectivity index (χ3v) is 2.30. The van der Waals surface area contributed by atoms with Crippen molar-refractivity contribution < 1.29 is 0 Å². The number of hydrogen-bond donors (Lipinski definition) is 0. The quantitative estimate of drug-likeness (QED) is 0.490. The molecule has 0 N–H and O–H groups in total. The fraction of sp³-hybridized carbons (Fsp3) is 0.400. The van der Waals surface area contributed by atoms with Crippen LogP contribution in [0.3, 0.4) is 0 Å². The number of nitrogens with zero attached hydrogens (tertiary/aromatic N) is 1. The summed E-state index contributed by atoms with van der Waals surface area (Å²) in [7, 11) is 1.83. The van der Waals surface area contributed by atoms with Gasteiger partial charge in [0, 0.05) is 18.2 Å². The first kappa shape index (κ1) is 14.6.